The predicted molar refractivity (Wildman–Crippen MR) is 119 cm³/mol. The number of carbonyl (C=O) groups excluding carboxylic acids is 2. The Hall–Kier alpha value is -3.38. The first-order valence-corrected chi connectivity index (χ1v) is 10.3. The van der Waals surface area contributed by atoms with Crippen LogP contribution in [0.4, 0.5) is 0 Å². The van der Waals surface area contributed by atoms with Crippen LogP contribution in [0.5, 0.6) is 5.75 Å². The van der Waals surface area contributed by atoms with Gasteiger partial charge in [-0.15, -0.1) is 0 Å². The minimum atomic E-state index is -0.673. The van der Waals surface area contributed by atoms with E-state index >= 15 is 0 Å². The lowest BCUT2D eigenvalue weighted by Crippen LogP contribution is -2.32. The van der Waals surface area contributed by atoms with Crippen LogP contribution in [0, 0.1) is 0 Å². The Labute approximate surface area is 182 Å². The van der Waals surface area contributed by atoms with Gasteiger partial charge in [0.1, 0.15) is 5.75 Å². The number of benzene rings is 2. The molecule has 0 aromatic heterocycles. The summed E-state index contributed by atoms with van der Waals surface area (Å²) in [4.78, 5) is 27.4. The maximum Gasteiger partial charge on any atom is 0.290 e. The van der Waals surface area contributed by atoms with Crippen molar-refractivity contribution in [2.75, 3.05) is 26.9 Å². The van der Waals surface area contributed by atoms with Crippen molar-refractivity contribution in [3.05, 3.63) is 83.1 Å². The second kappa shape index (κ2) is 10.6. The number of hydrogen-bond acceptors (Lipinski definition) is 5. The van der Waals surface area contributed by atoms with Gasteiger partial charge in [0.05, 0.1) is 18.2 Å². The summed E-state index contributed by atoms with van der Waals surface area (Å²) in [6.45, 7) is 3.27. The maximum absolute atomic E-state index is 13.1. The molecule has 0 radical (unpaired) electrons. The largest absolute Gasteiger partial charge is 0.503 e. The smallest absolute Gasteiger partial charge is 0.290 e. The molecular formula is C25H27NO5. The molecule has 1 aliphatic rings. The van der Waals surface area contributed by atoms with E-state index in [9.17, 15) is 14.7 Å². The van der Waals surface area contributed by atoms with Gasteiger partial charge in [-0.3, -0.25) is 9.59 Å². The fourth-order valence-electron chi connectivity index (χ4n) is 3.60. The van der Waals surface area contributed by atoms with Gasteiger partial charge in [0.2, 0.25) is 0 Å². The molecule has 0 saturated carbocycles. The van der Waals surface area contributed by atoms with Crippen molar-refractivity contribution in [1.29, 1.82) is 0 Å². The van der Waals surface area contributed by atoms with Crippen LogP contribution in [0.2, 0.25) is 0 Å². The summed E-state index contributed by atoms with van der Waals surface area (Å²) in [7, 11) is 1.59. The number of ether oxygens (including phenoxy) is 2. The first-order valence-electron chi connectivity index (χ1n) is 10.3. The molecule has 1 amide bonds. The van der Waals surface area contributed by atoms with Crippen molar-refractivity contribution < 1.29 is 24.2 Å². The average Bonchev–Trinajstić information content (AvgIpc) is 3.04. The van der Waals surface area contributed by atoms with Crippen molar-refractivity contribution in [3.63, 3.8) is 0 Å². The van der Waals surface area contributed by atoms with Crippen LogP contribution in [0.1, 0.15) is 30.5 Å². The summed E-state index contributed by atoms with van der Waals surface area (Å²) < 4.78 is 10.6. The Morgan fingerprint density at radius 1 is 1.13 bits per heavy atom. The molecule has 1 atom stereocenters. The predicted octanol–water partition coefficient (Wildman–Crippen LogP) is 4.10. The number of aliphatic hydroxyl groups is 1. The fourth-order valence-corrected chi connectivity index (χ4v) is 3.60. The molecule has 0 aliphatic carbocycles. The van der Waals surface area contributed by atoms with E-state index in [4.69, 9.17) is 9.47 Å². The number of carbonyl (C=O) groups is 2. The zero-order valence-corrected chi connectivity index (χ0v) is 17.8. The van der Waals surface area contributed by atoms with Gasteiger partial charge < -0.3 is 19.5 Å². The van der Waals surface area contributed by atoms with E-state index in [1.807, 2.05) is 49.4 Å². The van der Waals surface area contributed by atoms with Crippen LogP contribution in [-0.2, 0) is 14.3 Å². The van der Waals surface area contributed by atoms with E-state index in [0.29, 0.717) is 31.9 Å². The van der Waals surface area contributed by atoms with Crippen LogP contribution in [0.25, 0.3) is 6.08 Å². The highest BCUT2D eigenvalue weighted by Crippen LogP contribution is 2.38. The summed E-state index contributed by atoms with van der Waals surface area (Å²) in [6.07, 6.45) is 3.66. The standard InChI is InChI=1S/C25H27NO5/c1-3-31-20-13-11-19(12-14-20)23-22(21(27)15-10-18-8-5-4-6-9-18)24(28)25(29)26(23)16-7-17-30-2/h4-6,8-15,23,28H,3,7,16-17H2,1-2H3. The molecule has 1 heterocycles. The van der Waals surface area contributed by atoms with Gasteiger partial charge in [-0.2, -0.15) is 0 Å². The van der Waals surface area contributed by atoms with Crippen molar-refractivity contribution in [2.24, 2.45) is 0 Å². The highest BCUT2D eigenvalue weighted by Gasteiger charge is 2.42. The molecule has 2 aromatic carbocycles. The minimum Gasteiger partial charge on any atom is -0.503 e. The number of ketones is 1. The van der Waals surface area contributed by atoms with E-state index in [1.54, 1.807) is 25.3 Å². The van der Waals surface area contributed by atoms with E-state index in [0.717, 1.165) is 11.1 Å². The monoisotopic (exact) mass is 421 g/mol. The Bertz CT molecular complexity index is 963. The number of aliphatic hydroxyl groups excluding tert-OH is 1. The Balaban J connectivity index is 1.94. The lowest BCUT2D eigenvalue weighted by Gasteiger charge is -2.26. The molecule has 1 unspecified atom stereocenters. The summed E-state index contributed by atoms with van der Waals surface area (Å²) in [5, 5.41) is 10.6. The third-order valence-electron chi connectivity index (χ3n) is 5.05. The maximum atomic E-state index is 13.1. The molecule has 162 valence electrons. The van der Waals surface area contributed by atoms with E-state index in [-0.39, 0.29) is 5.57 Å². The van der Waals surface area contributed by atoms with Crippen LogP contribution in [0.3, 0.4) is 0 Å². The van der Waals surface area contributed by atoms with E-state index in [1.165, 1.54) is 11.0 Å². The molecule has 6 heteroatoms. The first kappa shape index (κ1) is 22.3. The quantitative estimate of drug-likeness (QED) is 0.462. The average molecular weight is 421 g/mol. The van der Waals surface area contributed by atoms with Gasteiger partial charge in [0, 0.05) is 20.3 Å². The molecule has 6 nitrogen and oxygen atoms in total. The zero-order valence-electron chi connectivity index (χ0n) is 17.8. The fraction of sp³-hybridized carbons (Fsp3) is 0.280. The second-order valence-electron chi connectivity index (χ2n) is 7.12. The Morgan fingerprint density at radius 2 is 1.84 bits per heavy atom. The van der Waals surface area contributed by atoms with Crippen LogP contribution in [0.15, 0.2) is 72.0 Å². The number of allylic oxidation sites excluding steroid dienone is 1. The highest BCUT2D eigenvalue weighted by atomic mass is 16.5. The Morgan fingerprint density at radius 3 is 2.48 bits per heavy atom. The molecule has 1 N–H and O–H groups in total. The summed E-state index contributed by atoms with van der Waals surface area (Å²) in [5.74, 6) is -0.750. The van der Waals surface area contributed by atoms with Gasteiger partial charge in [-0.25, -0.2) is 0 Å². The summed E-state index contributed by atoms with van der Waals surface area (Å²) >= 11 is 0. The van der Waals surface area contributed by atoms with Crippen molar-refractivity contribution >= 4 is 17.8 Å². The molecule has 2 aromatic rings. The van der Waals surface area contributed by atoms with Crippen molar-refractivity contribution in [1.82, 2.24) is 4.90 Å². The van der Waals surface area contributed by atoms with Gasteiger partial charge in [0.25, 0.3) is 5.91 Å². The van der Waals surface area contributed by atoms with Crippen molar-refractivity contribution in [3.8, 4) is 5.75 Å². The molecule has 1 aliphatic heterocycles. The highest BCUT2D eigenvalue weighted by molar-refractivity contribution is 6.14. The van der Waals surface area contributed by atoms with Gasteiger partial charge in [-0.1, -0.05) is 48.5 Å². The summed E-state index contributed by atoms with van der Waals surface area (Å²) in [6, 6.07) is 16.0. The molecular weight excluding hydrogens is 394 g/mol. The van der Waals surface area contributed by atoms with Crippen molar-refractivity contribution in [2.45, 2.75) is 19.4 Å². The SMILES string of the molecule is CCOc1ccc(C2C(C(=O)C=Cc3ccccc3)=C(O)C(=O)N2CCCOC)cc1. The number of hydrogen-bond donors (Lipinski definition) is 1. The first-order chi connectivity index (χ1) is 15.1. The number of amides is 1. The molecule has 31 heavy (non-hydrogen) atoms. The third kappa shape index (κ3) is 5.22. The van der Waals surface area contributed by atoms with Gasteiger partial charge in [-0.05, 0) is 42.7 Å². The molecule has 0 spiro atoms. The lowest BCUT2D eigenvalue weighted by molar-refractivity contribution is -0.129. The van der Waals surface area contributed by atoms with Gasteiger partial charge >= 0.3 is 0 Å². The third-order valence-corrected chi connectivity index (χ3v) is 5.05. The van der Waals surface area contributed by atoms with Gasteiger partial charge in [0.15, 0.2) is 11.5 Å². The molecule has 0 bridgehead atoms. The molecule has 0 saturated heterocycles. The lowest BCUT2D eigenvalue weighted by atomic mass is 9.95. The van der Waals surface area contributed by atoms with E-state index in [2.05, 4.69) is 0 Å². The molecule has 0 fully saturated rings. The molecule has 3 rings (SSSR count). The topological polar surface area (TPSA) is 76.1 Å². The van der Waals surface area contributed by atoms with Crippen LogP contribution in [-0.4, -0.2) is 48.6 Å². The minimum absolute atomic E-state index is 0.0822. The van der Waals surface area contributed by atoms with E-state index < -0.39 is 23.5 Å². The van der Waals surface area contributed by atoms with Crippen LogP contribution < -0.4 is 4.74 Å². The normalized spacial score (nSPS) is 16.4. The van der Waals surface area contributed by atoms with Crippen LogP contribution >= 0.6 is 0 Å². The second-order valence-corrected chi connectivity index (χ2v) is 7.12. The summed E-state index contributed by atoms with van der Waals surface area (Å²) in [5.41, 5.74) is 1.67. The number of nitrogens with zero attached hydrogens (tertiary/aromatic N) is 1. The Kier molecular flexibility index (Phi) is 7.62. The number of methoxy groups -OCH3 is 1. The number of rotatable bonds is 10. The zero-order chi connectivity index (χ0) is 22.2.